The maximum Gasteiger partial charge on any atom is 0.407 e. The van der Waals surface area contributed by atoms with Crippen molar-refractivity contribution in [1.29, 1.82) is 0 Å². The molecule has 1 amide bonds. The summed E-state index contributed by atoms with van der Waals surface area (Å²) in [5.74, 6) is 6.23. The Balaban J connectivity index is 1.29. The van der Waals surface area contributed by atoms with Crippen LogP contribution in [0.25, 0.3) is 11.1 Å². The van der Waals surface area contributed by atoms with Gasteiger partial charge in [0.2, 0.25) is 0 Å². The summed E-state index contributed by atoms with van der Waals surface area (Å²) in [6.07, 6.45) is 0.160. The molecule has 4 heteroatoms. The van der Waals surface area contributed by atoms with E-state index in [1.807, 2.05) is 48.5 Å². The van der Waals surface area contributed by atoms with Crippen molar-refractivity contribution in [2.45, 2.75) is 12.3 Å². The van der Waals surface area contributed by atoms with Gasteiger partial charge in [0.15, 0.2) is 0 Å². The van der Waals surface area contributed by atoms with Crippen molar-refractivity contribution >= 4 is 22.0 Å². The number of ether oxygens (including phenoxy) is 1. The van der Waals surface area contributed by atoms with E-state index in [2.05, 4.69) is 57.4 Å². The molecule has 0 bridgehead atoms. The zero-order valence-corrected chi connectivity index (χ0v) is 17.4. The Hall–Kier alpha value is -3.03. The number of amides is 1. The lowest BCUT2D eigenvalue weighted by Crippen LogP contribution is -2.26. The number of carbonyl (C=O) groups is 1. The average molecular weight is 446 g/mol. The van der Waals surface area contributed by atoms with E-state index < -0.39 is 6.09 Å². The zero-order chi connectivity index (χ0) is 20.1. The van der Waals surface area contributed by atoms with E-state index in [9.17, 15) is 4.79 Å². The molecule has 1 aliphatic carbocycles. The standard InChI is InChI=1S/C25H20BrNO2/c26-19-10-7-9-18(16-19)8-5-6-15-27-25(28)29-17-24-22-13-3-1-11-20(22)21-12-2-4-14-23(21)24/h1-4,7,9-14,16,24H,6,15,17H2,(H,27,28). The van der Waals surface area contributed by atoms with Crippen molar-refractivity contribution in [2.24, 2.45) is 0 Å². The Morgan fingerprint density at radius 1 is 0.966 bits per heavy atom. The van der Waals surface area contributed by atoms with E-state index in [1.165, 1.54) is 22.3 Å². The largest absolute Gasteiger partial charge is 0.449 e. The van der Waals surface area contributed by atoms with Crippen LogP contribution < -0.4 is 5.32 Å². The maximum atomic E-state index is 12.1. The summed E-state index contributed by atoms with van der Waals surface area (Å²) in [6, 6.07) is 24.4. The van der Waals surface area contributed by atoms with Gasteiger partial charge in [0.1, 0.15) is 6.61 Å². The van der Waals surface area contributed by atoms with Crippen LogP contribution in [0.3, 0.4) is 0 Å². The number of fused-ring (bicyclic) bond motifs is 3. The summed E-state index contributed by atoms with van der Waals surface area (Å²) in [5, 5.41) is 2.78. The smallest absolute Gasteiger partial charge is 0.407 e. The average Bonchev–Trinajstić information content (AvgIpc) is 3.06. The van der Waals surface area contributed by atoms with Gasteiger partial charge in [-0.3, -0.25) is 0 Å². The van der Waals surface area contributed by atoms with Gasteiger partial charge in [0.25, 0.3) is 0 Å². The Bertz CT molecular complexity index is 1050. The third-order valence-electron chi connectivity index (χ3n) is 4.92. The van der Waals surface area contributed by atoms with Gasteiger partial charge in [-0.2, -0.15) is 0 Å². The normalized spacial score (nSPS) is 11.8. The Morgan fingerprint density at radius 2 is 1.66 bits per heavy atom. The fourth-order valence-electron chi connectivity index (χ4n) is 3.61. The topological polar surface area (TPSA) is 38.3 Å². The third kappa shape index (κ3) is 4.52. The first-order chi connectivity index (χ1) is 14.2. The van der Waals surface area contributed by atoms with Crippen LogP contribution in [0.15, 0.2) is 77.3 Å². The van der Waals surface area contributed by atoms with Crippen LogP contribution in [0.4, 0.5) is 4.79 Å². The lowest BCUT2D eigenvalue weighted by atomic mass is 9.98. The van der Waals surface area contributed by atoms with E-state index in [1.54, 1.807) is 0 Å². The van der Waals surface area contributed by atoms with Crippen LogP contribution in [0, 0.1) is 11.8 Å². The first-order valence-electron chi connectivity index (χ1n) is 9.55. The molecule has 0 radical (unpaired) electrons. The summed E-state index contributed by atoms with van der Waals surface area (Å²) in [4.78, 5) is 12.1. The highest BCUT2D eigenvalue weighted by Crippen LogP contribution is 2.44. The number of hydrogen-bond acceptors (Lipinski definition) is 2. The monoisotopic (exact) mass is 445 g/mol. The molecule has 0 saturated heterocycles. The van der Waals surface area contributed by atoms with Crippen LogP contribution in [0.1, 0.15) is 29.0 Å². The highest BCUT2D eigenvalue weighted by atomic mass is 79.9. The Morgan fingerprint density at radius 3 is 2.34 bits per heavy atom. The molecule has 29 heavy (non-hydrogen) atoms. The number of nitrogens with one attached hydrogen (secondary N) is 1. The van der Waals surface area contributed by atoms with Crippen molar-refractivity contribution in [2.75, 3.05) is 13.2 Å². The molecular formula is C25H20BrNO2. The predicted molar refractivity (Wildman–Crippen MR) is 119 cm³/mol. The van der Waals surface area contributed by atoms with Crippen molar-refractivity contribution in [3.8, 4) is 23.0 Å². The minimum atomic E-state index is -0.406. The third-order valence-corrected chi connectivity index (χ3v) is 5.41. The molecule has 1 N–H and O–H groups in total. The van der Waals surface area contributed by atoms with Crippen LogP contribution in [0.5, 0.6) is 0 Å². The fraction of sp³-hybridized carbons (Fsp3) is 0.160. The van der Waals surface area contributed by atoms with Gasteiger partial charge in [-0.05, 0) is 40.5 Å². The van der Waals surface area contributed by atoms with Gasteiger partial charge in [-0.25, -0.2) is 4.79 Å². The molecule has 3 nitrogen and oxygen atoms in total. The van der Waals surface area contributed by atoms with Crippen LogP contribution in [0.2, 0.25) is 0 Å². The predicted octanol–water partition coefficient (Wildman–Crippen LogP) is 5.73. The Labute approximate surface area is 179 Å². The molecule has 3 aromatic rings. The molecule has 1 aliphatic rings. The summed E-state index contributed by atoms with van der Waals surface area (Å²) >= 11 is 3.43. The van der Waals surface area contributed by atoms with E-state index in [-0.39, 0.29) is 5.92 Å². The van der Waals surface area contributed by atoms with Crippen LogP contribution in [-0.4, -0.2) is 19.2 Å². The fourth-order valence-corrected chi connectivity index (χ4v) is 4.01. The lowest BCUT2D eigenvalue weighted by molar-refractivity contribution is 0.143. The molecule has 144 valence electrons. The molecule has 0 heterocycles. The lowest BCUT2D eigenvalue weighted by Gasteiger charge is -2.14. The summed E-state index contributed by atoms with van der Waals surface area (Å²) < 4.78 is 6.52. The highest BCUT2D eigenvalue weighted by molar-refractivity contribution is 9.10. The number of hydrogen-bond donors (Lipinski definition) is 1. The summed E-state index contributed by atoms with van der Waals surface area (Å²) in [7, 11) is 0. The van der Waals surface area contributed by atoms with Crippen LogP contribution >= 0.6 is 15.9 Å². The number of carbonyl (C=O) groups excluding carboxylic acids is 1. The van der Waals surface area contributed by atoms with Gasteiger partial charge >= 0.3 is 6.09 Å². The molecule has 4 rings (SSSR count). The maximum absolute atomic E-state index is 12.1. The Kier molecular flexibility index (Phi) is 5.97. The molecule has 0 atom stereocenters. The van der Waals surface area contributed by atoms with Gasteiger partial charge in [0.05, 0.1) is 0 Å². The van der Waals surface area contributed by atoms with Gasteiger partial charge < -0.3 is 10.1 Å². The number of alkyl carbamates (subject to hydrolysis) is 1. The molecule has 0 fully saturated rings. The van der Waals surface area contributed by atoms with E-state index in [0.29, 0.717) is 19.6 Å². The molecule has 0 saturated carbocycles. The molecular weight excluding hydrogens is 426 g/mol. The number of halogens is 1. The number of rotatable bonds is 4. The minimum absolute atomic E-state index is 0.0736. The van der Waals surface area contributed by atoms with Gasteiger partial charge in [-0.15, -0.1) is 0 Å². The first-order valence-corrected chi connectivity index (χ1v) is 10.3. The van der Waals surface area contributed by atoms with Gasteiger partial charge in [0, 0.05) is 28.9 Å². The van der Waals surface area contributed by atoms with Gasteiger partial charge in [-0.1, -0.05) is 82.4 Å². The molecule has 0 unspecified atom stereocenters. The second kappa shape index (κ2) is 8.98. The van der Waals surface area contributed by atoms with Crippen molar-refractivity contribution in [1.82, 2.24) is 5.32 Å². The summed E-state index contributed by atoms with van der Waals surface area (Å²) in [6.45, 7) is 0.779. The zero-order valence-electron chi connectivity index (χ0n) is 15.8. The van der Waals surface area contributed by atoms with E-state index in [4.69, 9.17) is 4.74 Å². The number of benzene rings is 3. The molecule has 3 aromatic carbocycles. The van der Waals surface area contributed by atoms with E-state index in [0.717, 1.165) is 10.0 Å². The minimum Gasteiger partial charge on any atom is -0.449 e. The second-order valence-electron chi connectivity index (χ2n) is 6.81. The molecule has 0 aliphatic heterocycles. The second-order valence-corrected chi connectivity index (χ2v) is 7.73. The first kappa shape index (κ1) is 19.3. The quantitative estimate of drug-likeness (QED) is 0.411. The van der Waals surface area contributed by atoms with Crippen molar-refractivity contribution in [3.63, 3.8) is 0 Å². The highest BCUT2D eigenvalue weighted by Gasteiger charge is 2.28. The van der Waals surface area contributed by atoms with Crippen molar-refractivity contribution in [3.05, 3.63) is 94.0 Å². The van der Waals surface area contributed by atoms with Crippen molar-refractivity contribution < 1.29 is 9.53 Å². The van der Waals surface area contributed by atoms with E-state index >= 15 is 0 Å². The molecule has 0 aromatic heterocycles. The van der Waals surface area contributed by atoms with Crippen LogP contribution in [-0.2, 0) is 4.74 Å². The SMILES string of the molecule is O=C(NCCC#Cc1cccc(Br)c1)OCC1c2ccccc2-c2ccccc21. The molecule has 0 spiro atoms. The summed E-state index contributed by atoms with van der Waals surface area (Å²) in [5.41, 5.74) is 5.81.